The van der Waals surface area contributed by atoms with E-state index in [0.29, 0.717) is 52.7 Å². The number of nitrogens with one attached hydrogen (secondary N) is 1. The average molecular weight is 502 g/mol. The monoisotopic (exact) mass is 501 g/mol. The molecular weight excluding hydrogens is 478 g/mol. The van der Waals surface area contributed by atoms with Gasteiger partial charge >= 0.3 is 0 Å². The van der Waals surface area contributed by atoms with Gasteiger partial charge in [-0.2, -0.15) is 0 Å². The van der Waals surface area contributed by atoms with Crippen LogP contribution in [0.15, 0.2) is 59.0 Å². The SMILES string of the molecule is CCc1[nH]c2nc(Sc3cnc4nccnc4c3)nc(N3CC(Oc4ccc(OC)cc4)C3)c2c1O. The molecule has 6 rings (SSSR count). The Kier molecular flexibility index (Phi) is 5.68. The first-order valence-electron chi connectivity index (χ1n) is 11.5. The van der Waals surface area contributed by atoms with Gasteiger partial charge in [0.2, 0.25) is 0 Å². The Morgan fingerprint density at radius 2 is 1.86 bits per heavy atom. The summed E-state index contributed by atoms with van der Waals surface area (Å²) in [5, 5.41) is 12.0. The van der Waals surface area contributed by atoms with E-state index in [0.717, 1.165) is 22.1 Å². The van der Waals surface area contributed by atoms with Crippen molar-refractivity contribution in [2.75, 3.05) is 25.1 Å². The van der Waals surface area contributed by atoms with E-state index in [-0.39, 0.29) is 11.9 Å². The number of H-pyrrole nitrogens is 1. The number of hydrogen-bond acceptors (Lipinski definition) is 10. The number of benzene rings is 1. The minimum atomic E-state index is 0.00880. The second-order valence-corrected chi connectivity index (χ2v) is 9.39. The lowest BCUT2D eigenvalue weighted by Crippen LogP contribution is -2.54. The van der Waals surface area contributed by atoms with Crippen LogP contribution < -0.4 is 14.4 Å². The van der Waals surface area contributed by atoms with Crippen molar-refractivity contribution in [2.24, 2.45) is 0 Å². The molecule has 182 valence electrons. The minimum absolute atomic E-state index is 0.00880. The van der Waals surface area contributed by atoms with Gasteiger partial charge < -0.3 is 24.5 Å². The maximum Gasteiger partial charge on any atom is 0.196 e. The fraction of sp³-hybridized carbons (Fsp3) is 0.240. The highest BCUT2D eigenvalue weighted by Crippen LogP contribution is 2.39. The smallest absolute Gasteiger partial charge is 0.196 e. The van der Waals surface area contributed by atoms with Crippen LogP contribution in [-0.2, 0) is 6.42 Å². The van der Waals surface area contributed by atoms with Gasteiger partial charge in [-0.3, -0.25) is 4.98 Å². The molecule has 36 heavy (non-hydrogen) atoms. The molecule has 5 heterocycles. The maximum absolute atomic E-state index is 10.9. The van der Waals surface area contributed by atoms with Crippen LogP contribution >= 0.6 is 11.8 Å². The molecule has 1 saturated heterocycles. The van der Waals surface area contributed by atoms with E-state index >= 15 is 0 Å². The Hall–Kier alpha value is -4.12. The normalized spacial score (nSPS) is 13.8. The zero-order valence-corrected chi connectivity index (χ0v) is 20.5. The van der Waals surface area contributed by atoms with Gasteiger partial charge in [0.25, 0.3) is 0 Å². The molecule has 1 aliphatic rings. The van der Waals surface area contributed by atoms with Gasteiger partial charge in [-0.15, -0.1) is 0 Å². The molecule has 1 fully saturated rings. The van der Waals surface area contributed by atoms with E-state index in [9.17, 15) is 5.11 Å². The largest absolute Gasteiger partial charge is 0.505 e. The second kappa shape index (κ2) is 9.15. The van der Waals surface area contributed by atoms with Crippen LogP contribution in [0, 0.1) is 0 Å². The van der Waals surface area contributed by atoms with E-state index in [1.165, 1.54) is 11.8 Å². The van der Waals surface area contributed by atoms with Crippen LogP contribution in [0.25, 0.3) is 22.2 Å². The number of aromatic amines is 1. The van der Waals surface area contributed by atoms with Crippen molar-refractivity contribution < 1.29 is 14.6 Å². The minimum Gasteiger partial charge on any atom is -0.505 e. The topological polar surface area (TPSA) is 122 Å². The van der Waals surface area contributed by atoms with Gasteiger partial charge in [-0.25, -0.2) is 19.9 Å². The van der Waals surface area contributed by atoms with Crippen LogP contribution in [0.4, 0.5) is 5.82 Å². The zero-order chi connectivity index (χ0) is 24.6. The number of anilines is 1. The number of ether oxygens (including phenoxy) is 2. The maximum atomic E-state index is 10.9. The standard InChI is InChI=1S/C25H23N7O3S/c1-3-18-21(33)20-23(29-18)30-25(36-17-10-19-22(28-11-17)27-9-8-26-19)31-24(20)32-12-16(13-32)35-15-6-4-14(34-2)5-7-15/h4-11,16,33H,3,12-13H2,1-2H3,(H,29,30,31). The molecular formula is C25H23N7O3S. The highest BCUT2D eigenvalue weighted by Gasteiger charge is 2.33. The van der Waals surface area contributed by atoms with Gasteiger partial charge in [-0.05, 0) is 48.5 Å². The molecule has 2 N–H and O–H groups in total. The fourth-order valence-electron chi connectivity index (χ4n) is 4.15. The summed E-state index contributed by atoms with van der Waals surface area (Å²) in [5.41, 5.74) is 2.63. The highest BCUT2D eigenvalue weighted by molar-refractivity contribution is 7.99. The van der Waals surface area contributed by atoms with Gasteiger partial charge in [-0.1, -0.05) is 6.92 Å². The Morgan fingerprint density at radius 1 is 1.08 bits per heavy atom. The number of aromatic hydroxyl groups is 1. The molecule has 10 nitrogen and oxygen atoms in total. The quantitative estimate of drug-likeness (QED) is 0.317. The first-order valence-corrected chi connectivity index (χ1v) is 12.3. The van der Waals surface area contributed by atoms with Crippen molar-refractivity contribution in [3.63, 3.8) is 0 Å². The molecule has 0 aliphatic carbocycles. The molecule has 0 unspecified atom stereocenters. The second-order valence-electron chi connectivity index (χ2n) is 8.35. The van der Waals surface area contributed by atoms with Gasteiger partial charge in [0.15, 0.2) is 10.8 Å². The van der Waals surface area contributed by atoms with Crippen molar-refractivity contribution >= 4 is 39.8 Å². The number of nitrogens with zero attached hydrogens (tertiary/aromatic N) is 6. The first kappa shape index (κ1) is 22.4. The van der Waals surface area contributed by atoms with Gasteiger partial charge in [0.05, 0.1) is 25.9 Å². The predicted octanol–water partition coefficient (Wildman–Crippen LogP) is 3.99. The Morgan fingerprint density at radius 3 is 2.64 bits per heavy atom. The summed E-state index contributed by atoms with van der Waals surface area (Å²) in [4.78, 5) is 28.7. The van der Waals surface area contributed by atoms with Crippen LogP contribution in [0.3, 0.4) is 0 Å². The lowest BCUT2D eigenvalue weighted by Gasteiger charge is -2.40. The fourth-order valence-corrected chi connectivity index (χ4v) is 4.91. The molecule has 0 atom stereocenters. The number of pyridine rings is 1. The van der Waals surface area contributed by atoms with E-state index in [2.05, 4.69) is 29.8 Å². The van der Waals surface area contributed by atoms with E-state index in [1.807, 2.05) is 37.3 Å². The third-order valence-electron chi connectivity index (χ3n) is 6.03. The predicted molar refractivity (Wildman–Crippen MR) is 136 cm³/mol. The number of rotatable bonds is 7. The molecule has 1 aromatic carbocycles. The highest BCUT2D eigenvalue weighted by atomic mass is 32.2. The number of aromatic nitrogens is 6. The van der Waals surface area contributed by atoms with E-state index in [1.54, 1.807) is 25.7 Å². The van der Waals surface area contributed by atoms with Crippen LogP contribution in [0.1, 0.15) is 12.6 Å². The summed E-state index contributed by atoms with van der Waals surface area (Å²) in [6.45, 7) is 3.26. The van der Waals surface area contributed by atoms with Crippen molar-refractivity contribution in [3.8, 4) is 17.2 Å². The first-order chi connectivity index (χ1) is 17.6. The van der Waals surface area contributed by atoms with E-state index < -0.39 is 0 Å². The summed E-state index contributed by atoms with van der Waals surface area (Å²) in [6, 6.07) is 9.46. The third kappa shape index (κ3) is 4.11. The number of methoxy groups -OCH3 is 1. The molecule has 0 saturated carbocycles. The van der Waals surface area contributed by atoms with Gasteiger partial charge in [0.1, 0.15) is 45.7 Å². The summed E-state index contributed by atoms with van der Waals surface area (Å²) in [5.74, 6) is 2.45. The number of hydrogen-bond donors (Lipinski definition) is 2. The molecule has 0 amide bonds. The number of aryl methyl sites for hydroxylation is 1. The molecule has 1 aliphatic heterocycles. The molecule has 5 aromatic rings. The van der Waals surface area contributed by atoms with Crippen molar-refractivity contribution in [1.29, 1.82) is 0 Å². The zero-order valence-electron chi connectivity index (χ0n) is 19.7. The number of fused-ring (bicyclic) bond motifs is 2. The van der Waals surface area contributed by atoms with Crippen LogP contribution in [0.5, 0.6) is 17.2 Å². The van der Waals surface area contributed by atoms with Crippen LogP contribution in [0.2, 0.25) is 0 Å². The summed E-state index contributed by atoms with van der Waals surface area (Å²) >= 11 is 1.39. The average Bonchev–Trinajstić information content (AvgIpc) is 3.21. The molecule has 4 aromatic heterocycles. The summed E-state index contributed by atoms with van der Waals surface area (Å²) in [7, 11) is 1.64. The Labute approximate surface area is 210 Å². The Bertz CT molecular complexity index is 1550. The summed E-state index contributed by atoms with van der Waals surface area (Å²) in [6.07, 6.45) is 5.66. The molecule has 0 radical (unpaired) electrons. The molecule has 11 heteroatoms. The lowest BCUT2D eigenvalue weighted by atomic mass is 10.1. The van der Waals surface area contributed by atoms with Crippen LogP contribution in [-0.4, -0.2) is 61.3 Å². The Balaban J connectivity index is 1.28. The van der Waals surface area contributed by atoms with Crippen molar-refractivity contribution in [2.45, 2.75) is 29.5 Å². The third-order valence-corrected chi connectivity index (χ3v) is 6.86. The molecule has 0 spiro atoms. The van der Waals surface area contributed by atoms with Gasteiger partial charge in [0, 0.05) is 23.5 Å². The van der Waals surface area contributed by atoms with E-state index in [4.69, 9.17) is 14.5 Å². The summed E-state index contributed by atoms with van der Waals surface area (Å²) < 4.78 is 11.3. The van der Waals surface area contributed by atoms with Crippen molar-refractivity contribution in [3.05, 3.63) is 54.6 Å². The molecule has 0 bridgehead atoms. The van der Waals surface area contributed by atoms with Crippen molar-refractivity contribution in [1.82, 2.24) is 29.9 Å². The lowest BCUT2D eigenvalue weighted by molar-refractivity contribution is 0.167.